The molecule has 0 saturated heterocycles. The second kappa shape index (κ2) is 10.7. The van der Waals surface area contributed by atoms with Crippen molar-refractivity contribution in [2.75, 3.05) is 13.1 Å². The Morgan fingerprint density at radius 1 is 1.13 bits per heavy atom. The standard InChI is InChI=1S/C22H37N5O4/c1-6-27(15-17(29)25-21(3,4)5)19(30)12-11-18-23-20(26-31-18)22(24-16(2)28)13-9-7-8-10-14-22/h6-15H2,1-5H3,(H,24,28)(H,25,29). The number of amides is 3. The number of nitrogens with one attached hydrogen (secondary N) is 2. The number of aromatic nitrogens is 2. The summed E-state index contributed by atoms with van der Waals surface area (Å²) in [5.74, 6) is 0.415. The van der Waals surface area contributed by atoms with Gasteiger partial charge in [-0.3, -0.25) is 14.4 Å². The van der Waals surface area contributed by atoms with E-state index in [0.717, 1.165) is 38.5 Å². The minimum absolute atomic E-state index is 0.0212. The lowest BCUT2D eigenvalue weighted by atomic mass is 9.89. The first kappa shape index (κ1) is 24.8. The van der Waals surface area contributed by atoms with Crippen LogP contribution in [0.5, 0.6) is 0 Å². The maximum atomic E-state index is 12.6. The fourth-order valence-corrected chi connectivity index (χ4v) is 4.00. The first-order valence-corrected chi connectivity index (χ1v) is 11.3. The quantitative estimate of drug-likeness (QED) is 0.606. The van der Waals surface area contributed by atoms with Crippen molar-refractivity contribution in [1.29, 1.82) is 0 Å². The van der Waals surface area contributed by atoms with Crippen molar-refractivity contribution < 1.29 is 18.9 Å². The SMILES string of the molecule is CCN(CC(=O)NC(C)(C)C)C(=O)CCc1nc(C2(NC(C)=O)CCCCCC2)no1. The van der Waals surface area contributed by atoms with Crippen LogP contribution in [-0.4, -0.2) is 51.4 Å². The van der Waals surface area contributed by atoms with Gasteiger partial charge in [0.2, 0.25) is 23.6 Å². The van der Waals surface area contributed by atoms with Gasteiger partial charge >= 0.3 is 0 Å². The fourth-order valence-electron chi connectivity index (χ4n) is 4.00. The van der Waals surface area contributed by atoms with Crippen LogP contribution in [-0.2, 0) is 26.3 Å². The highest BCUT2D eigenvalue weighted by Crippen LogP contribution is 2.34. The van der Waals surface area contributed by atoms with Crippen LogP contribution in [0.3, 0.4) is 0 Å². The van der Waals surface area contributed by atoms with E-state index < -0.39 is 5.54 Å². The first-order chi connectivity index (χ1) is 14.5. The molecule has 1 fully saturated rings. The van der Waals surface area contributed by atoms with Crippen molar-refractivity contribution in [3.8, 4) is 0 Å². The predicted molar refractivity (Wildman–Crippen MR) is 116 cm³/mol. The summed E-state index contributed by atoms with van der Waals surface area (Å²) in [6, 6.07) is 0. The Bertz CT molecular complexity index is 760. The van der Waals surface area contributed by atoms with Crippen molar-refractivity contribution in [1.82, 2.24) is 25.7 Å². The van der Waals surface area contributed by atoms with Crippen LogP contribution in [0.4, 0.5) is 0 Å². The zero-order chi connectivity index (χ0) is 23.1. The lowest BCUT2D eigenvalue weighted by Crippen LogP contribution is -2.47. The van der Waals surface area contributed by atoms with Crippen LogP contribution >= 0.6 is 0 Å². The fraction of sp³-hybridized carbons (Fsp3) is 0.773. The molecule has 31 heavy (non-hydrogen) atoms. The molecule has 0 spiro atoms. The Hall–Kier alpha value is -2.45. The van der Waals surface area contributed by atoms with E-state index in [-0.39, 0.29) is 36.2 Å². The van der Waals surface area contributed by atoms with Gasteiger partial charge in [0.05, 0.1) is 6.54 Å². The van der Waals surface area contributed by atoms with E-state index in [1.54, 1.807) is 0 Å². The lowest BCUT2D eigenvalue weighted by molar-refractivity contribution is -0.136. The van der Waals surface area contributed by atoms with Gasteiger partial charge in [-0.25, -0.2) is 0 Å². The molecule has 0 unspecified atom stereocenters. The maximum Gasteiger partial charge on any atom is 0.240 e. The molecule has 2 N–H and O–H groups in total. The molecule has 2 rings (SSSR count). The van der Waals surface area contributed by atoms with Crippen LogP contribution < -0.4 is 10.6 Å². The molecule has 0 aliphatic heterocycles. The van der Waals surface area contributed by atoms with Crippen LogP contribution in [0.25, 0.3) is 0 Å². The molecule has 9 nitrogen and oxygen atoms in total. The topological polar surface area (TPSA) is 117 Å². The second-order valence-corrected chi connectivity index (χ2v) is 9.40. The van der Waals surface area contributed by atoms with Gasteiger partial charge in [0.1, 0.15) is 5.54 Å². The van der Waals surface area contributed by atoms with Gasteiger partial charge in [-0.1, -0.05) is 30.8 Å². The molecule has 0 aromatic carbocycles. The number of carbonyl (C=O) groups is 3. The zero-order valence-electron chi connectivity index (χ0n) is 19.5. The summed E-state index contributed by atoms with van der Waals surface area (Å²) in [5, 5.41) is 10.1. The summed E-state index contributed by atoms with van der Waals surface area (Å²) in [4.78, 5) is 42.6. The predicted octanol–water partition coefficient (Wildman–Crippen LogP) is 2.45. The molecule has 1 aliphatic carbocycles. The minimum atomic E-state index is -0.603. The summed E-state index contributed by atoms with van der Waals surface area (Å²) >= 11 is 0. The van der Waals surface area contributed by atoms with Crippen molar-refractivity contribution in [2.24, 2.45) is 0 Å². The number of hydrogen-bond acceptors (Lipinski definition) is 6. The number of hydrogen-bond donors (Lipinski definition) is 2. The third kappa shape index (κ3) is 7.63. The van der Waals surface area contributed by atoms with Gasteiger partial charge in [-0.05, 0) is 40.5 Å². The summed E-state index contributed by atoms with van der Waals surface area (Å²) in [6.07, 6.45) is 6.24. The maximum absolute atomic E-state index is 12.6. The molecule has 1 heterocycles. The number of carbonyl (C=O) groups excluding carboxylic acids is 3. The van der Waals surface area contributed by atoms with Gasteiger partial charge in [0.15, 0.2) is 5.82 Å². The molecule has 1 aromatic heterocycles. The Balaban J connectivity index is 2.00. The average molecular weight is 436 g/mol. The van der Waals surface area contributed by atoms with Crippen LogP contribution in [0, 0.1) is 0 Å². The van der Waals surface area contributed by atoms with Gasteiger partial charge in [-0.15, -0.1) is 0 Å². The highest BCUT2D eigenvalue weighted by atomic mass is 16.5. The number of aryl methyl sites for hydroxylation is 1. The molecule has 1 aliphatic rings. The van der Waals surface area contributed by atoms with Gasteiger partial charge in [-0.2, -0.15) is 4.98 Å². The molecule has 1 saturated carbocycles. The number of likely N-dealkylation sites (N-methyl/N-ethyl adjacent to an activating group) is 1. The number of rotatable bonds is 8. The highest BCUT2D eigenvalue weighted by Gasteiger charge is 2.38. The first-order valence-electron chi connectivity index (χ1n) is 11.3. The third-order valence-corrected chi connectivity index (χ3v) is 5.40. The van der Waals surface area contributed by atoms with Gasteiger partial charge in [0, 0.05) is 31.8 Å². The lowest BCUT2D eigenvalue weighted by Gasteiger charge is -2.30. The molecule has 0 bridgehead atoms. The van der Waals surface area contributed by atoms with Gasteiger partial charge in [0.25, 0.3) is 0 Å². The van der Waals surface area contributed by atoms with E-state index in [2.05, 4.69) is 20.8 Å². The Morgan fingerprint density at radius 3 is 2.32 bits per heavy atom. The summed E-state index contributed by atoms with van der Waals surface area (Å²) in [6.45, 7) is 9.51. The van der Waals surface area contributed by atoms with Crippen molar-refractivity contribution in [3.05, 3.63) is 11.7 Å². The van der Waals surface area contributed by atoms with Crippen LogP contribution in [0.15, 0.2) is 4.52 Å². The number of nitrogens with zero attached hydrogens (tertiary/aromatic N) is 3. The molecule has 0 atom stereocenters. The molecule has 3 amide bonds. The van der Waals surface area contributed by atoms with E-state index in [1.807, 2.05) is 27.7 Å². The van der Waals surface area contributed by atoms with Gasteiger partial charge < -0.3 is 20.1 Å². The zero-order valence-corrected chi connectivity index (χ0v) is 19.5. The molecule has 1 aromatic rings. The van der Waals surface area contributed by atoms with Crippen molar-refractivity contribution in [2.45, 2.75) is 97.1 Å². The van der Waals surface area contributed by atoms with E-state index in [1.165, 1.54) is 11.8 Å². The Morgan fingerprint density at radius 2 is 1.77 bits per heavy atom. The van der Waals surface area contributed by atoms with Crippen LogP contribution in [0.1, 0.15) is 91.3 Å². The smallest absolute Gasteiger partial charge is 0.240 e. The summed E-state index contributed by atoms with van der Waals surface area (Å²) in [5.41, 5.74) is -0.948. The normalized spacial score (nSPS) is 16.3. The molecule has 0 radical (unpaired) electrons. The highest BCUT2D eigenvalue weighted by molar-refractivity contribution is 5.85. The summed E-state index contributed by atoms with van der Waals surface area (Å²) in [7, 11) is 0. The average Bonchev–Trinajstić information content (AvgIpc) is 3.02. The molecular weight excluding hydrogens is 398 g/mol. The largest absolute Gasteiger partial charge is 0.350 e. The second-order valence-electron chi connectivity index (χ2n) is 9.40. The molecular formula is C22H37N5O4. The summed E-state index contributed by atoms with van der Waals surface area (Å²) < 4.78 is 5.41. The Labute approximate surface area is 184 Å². The van der Waals surface area contributed by atoms with E-state index >= 15 is 0 Å². The van der Waals surface area contributed by atoms with Crippen molar-refractivity contribution in [3.63, 3.8) is 0 Å². The van der Waals surface area contributed by atoms with E-state index in [4.69, 9.17) is 4.52 Å². The molecule has 9 heteroatoms. The molecule has 174 valence electrons. The monoisotopic (exact) mass is 435 g/mol. The van der Waals surface area contributed by atoms with E-state index in [0.29, 0.717) is 24.7 Å². The Kier molecular flexibility index (Phi) is 8.59. The minimum Gasteiger partial charge on any atom is -0.350 e. The van der Waals surface area contributed by atoms with Crippen molar-refractivity contribution >= 4 is 17.7 Å². The van der Waals surface area contributed by atoms with E-state index in [9.17, 15) is 14.4 Å². The van der Waals surface area contributed by atoms with Crippen LogP contribution in [0.2, 0.25) is 0 Å². The third-order valence-electron chi connectivity index (χ3n) is 5.40.